The Kier molecular flexibility index (Phi) is 8.55. The second-order valence-electron chi connectivity index (χ2n) is 10.8. The Bertz CT molecular complexity index is 1070. The topological polar surface area (TPSA) is 217 Å². The van der Waals surface area contributed by atoms with Crippen LogP contribution in [0.2, 0.25) is 0 Å². The third-order valence-electron chi connectivity index (χ3n) is 8.66. The predicted molar refractivity (Wildman–Crippen MR) is 129 cm³/mol. The summed E-state index contributed by atoms with van der Waals surface area (Å²) in [6, 6.07) is 1.53. The Morgan fingerprint density at radius 1 is 1.21 bits per heavy atom. The van der Waals surface area contributed by atoms with Crippen LogP contribution in [0.25, 0.3) is 0 Å². The van der Waals surface area contributed by atoms with E-state index in [2.05, 4.69) is 0 Å². The van der Waals surface area contributed by atoms with Gasteiger partial charge in [-0.25, -0.2) is 9.59 Å². The van der Waals surface area contributed by atoms with E-state index in [1.165, 1.54) is 25.7 Å². The molecular weight excluding hydrogens is 520 g/mol. The lowest BCUT2D eigenvalue weighted by Crippen LogP contribution is -2.65. The van der Waals surface area contributed by atoms with E-state index in [1.807, 2.05) is 0 Å². The fourth-order valence-electron chi connectivity index (χ4n) is 6.41. The first-order valence-electron chi connectivity index (χ1n) is 12.8. The SMILES string of the molecule is COC(=O)C1=C2[C@@H](CCC1)[C@](C)(C[C@@H](O)c1ccoc1)[C@@](O)(C(=O)O)C[C@H]2O[C@H]1O[C@H](CO)[C@@H](O)[C@@H](O)[C@@H]1O. The number of hydrogen-bond donors (Lipinski definition) is 7. The lowest BCUT2D eigenvalue weighted by Gasteiger charge is -2.56. The maximum Gasteiger partial charge on any atom is 0.336 e. The molecule has 2 heterocycles. The van der Waals surface area contributed by atoms with Crippen LogP contribution in [0, 0.1) is 11.3 Å². The molecule has 4 rings (SSSR count). The van der Waals surface area contributed by atoms with Crippen molar-refractivity contribution in [3.63, 3.8) is 0 Å². The van der Waals surface area contributed by atoms with Crippen LogP contribution in [-0.4, -0.2) is 104 Å². The van der Waals surface area contributed by atoms with Gasteiger partial charge >= 0.3 is 11.9 Å². The van der Waals surface area contributed by atoms with E-state index in [4.69, 9.17) is 18.6 Å². The first-order valence-corrected chi connectivity index (χ1v) is 12.8. The van der Waals surface area contributed by atoms with Gasteiger partial charge in [0.2, 0.25) is 0 Å². The smallest absolute Gasteiger partial charge is 0.336 e. The number of aliphatic hydroxyl groups is 6. The Balaban J connectivity index is 1.80. The van der Waals surface area contributed by atoms with Gasteiger partial charge in [-0.15, -0.1) is 0 Å². The first kappa shape index (κ1) is 29.6. The standard InChI is InChI=1S/C26H36O13/c1-25(8-15(28)12-6-7-37-11-12)14-5-3-4-13(22(32)36-2)18(14)16(9-26(25,35)24(33)34)38-23-21(31)20(30)19(29)17(10-27)39-23/h6-7,11,14-17,19-21,23,27-31,35H,3-5,8-10H2,1-2H3,(H,33,34)/t14-,15-,16-,17-,19-,20-,21+,23+,25+,26+/m1/s1. The summed E-state index contributed by atoms with van der Waals surface area (Å²) in [6.45, 7) is 0.830. The summed E-state index contributed by atoms with van der Waals surface area (Å²) in [6.07, 6.45) is -7.67. The average molecular weight is 557 g/mol. The highest BCUT2D eigenvalue weighted by Crippen LogP contribution is 2.59. The molecule has 1 aliphatic heterocycles. The predicted octanol–water partition coefficient (Wildman–Crippen LogP) is -0.616. The molecule has 0 unspecified atom stereocenters. The number of hydrogen-bond acceptors (Lipinski definition) is 12. The number of rotatable bonds is 8. The first-order chi connectivity index (χ1) is 18.4. The largest absolute Gasteiger partial charge is 0.479 e. The number of carboxylic acids is 1. The van der Waals surface area contributed by atoms with E-state index in [9.17, 15) is 45.3 Å². The lowest BCUT2D eigenvalue weighted by molar-refractivity contribution is -0.315. The van der Waals surface area contributed by atoms with Crippen molar-refractivity contribution in [2.75, 3.05) is 13.7 Å². The third kappa shape index (κ3) is 5.02. The maximum absolute atomic E-state index is 12.9. The van der Waals surface area contributed by atoms with Crippen molar-refractivity contribution in [3.8, 4) is 0 Å². The van der Waals surface area contributed by atoms with Crippen LogP contribution in [0.15, 0.2) is 34.2 Å². The van der Waals surface area contributed by atoms with Crippen molar-refractivity contribution in [2.24, 2.45) is 11.3 Å². The molecule has 1 saturated carbocycles. The molecule has 0 bridgehead atoms. The molecular formula is C26H36O13. The highest BCUT2D eigenvalue weighted by atomic mass is 16.7. The number of ether oxygens (including phenoxy) is 3. The van der Waals surface area contributed by atoms with Crippen molar-refractivity contribution >= 4 is 11.9 Å². The molecule has 39 heavy (non-hydrogen) atoms. The normalized spacial score (nSPS) is 39.6. The van der Waals surface area contributed by atoms with Gasteiger partial charge in [-0.2, -0.15) is 0 Å². The third-order valence-corrected chi connectivity index (χ3v) is 8.66. The average Bonchev–Trinajstić information content (AvgIpc) is 3.46. The highest BCUT2D eigenvalue weighted by molar-refractivity contribution is 5.90. The number of carboxylic acid groups (broad SMARTS) is 1. The zero-order valence-corrected chi connectivity index (χ0v) is 21.7. The van der Waals surface area contributed by atoms with E-state index in [0.717, 1.165) is 0 Å². The number of aliphatic hydroxyl groups excluding tert-OH is 5. The van der Waals surface area contributed by atoms with Gasteiger partial charge in [-0.05, 0) is 43.2 Å². The molecule has 1 aromatic rings. The van der Waals surface area contributed by atoms with Crippen LogP contribution in [-0.2, 0) is 23.8 Å². The quantitative estimate of drug-likeness (QED) is 0.199. The van der Waals surface area contributed by atoms with E-state index in [0.29, 0.717) is 24.0 Å². The van der Waals surface area contributed by atoms with Crippen LogP contribution < -0.4 is 0 Å². The highest BCUT2D eigenvalue weighted by Gasteiger charge is 2.64. The molecule has 218 valence electrons. The minimum atomic E-state index is -2.48. The zero-order chi connectivity index (χ0) is 28.7. The fourth-order valence-corrected chi connectivity index (χ4v) is 6.41. The van der Waals surface area contributed by atoms with Gasteiger partial charge in [0, 0.05) is 23.0 Å². The Labute approximate surface area is 224 Å². The van der Waals surface area contributed by atoms with Gasteiger partial charge in [0.1, 0.15) is 24.4 Å². The summed E-state index contributed by atoms with van der Waals surface area (Å²) in [5, 5.41) is 73.6. The monoisotopic (exact) mass is 556 g/mol. The molecule has 1 aromatic heterocycles. The summed E-state index contributed by atoms with van der Waals surface area (Å²) >= 11 is 0. The van der Waals surface area contributed by atoms with Gasteiger partial charge in [0.05, 0.1) is 38.5 Å². The van der Waals surface area contributed by atoms with Crippen LogP contribution >= 0.6 is 0 Å². The number of aliphatic carboxylic acids is 1. The van der Waals surface area contributed by atoms with Crippen molar-refractivity contribution in [1.82, 2.24) is 0 Å². The summed E-state index contributed by atoms with van der Waals surface area (Å²) < 4.78 is 21.5. The number of fused-ring (bicyclic) bond motifs is 1. The van der Waals surface area contributed by atoms with Crippen LogP contribution in [0.3, 0.4) is 0 Å². The molecule has 2 fully saturated rings. The van der Waals surface area contributed by atoms with Crippen LogP contribution in [0.1, 0.15) is 50.7 Å². The molecule has 0 radical (unpaired) electrons. The van der Waals surface area contributed by atoms with Crippen LogP contribution in [0.5, 0.6) is 0 Å². The summed E-state index contributed by atoms with van der Waals surface area (Å²) in [7, 11) is 1.20. The molecule has 3 aliphatic rings. The Morgan fingerprint density at radius 2 is 1.92 bits per heavy atom. The van der Waals surface area contributed by atoms with Gasteiger partial charge < -0.3 is 54.4 Å². The van der Waals surface area contributed by atoms with Crippen LogP contribution in [0.4, 0.5) is 0 Å². The number of carbonyl (C=O) groups excluding carboxylic acids is 1. The maximum atomic E-state index is 12.9. The van der Waals surface area contributed by atoms with Crippen molar-refractivity contribution in [2.45, 2.75) is 87.5 Å². The van der Waals surface area contributed by atoms with Crippen molar-refractivity contribution in [1.29, 1.82) is 0 Å². The molecule has 0 aromatic carbocycles. The number of carbonyl (C=O) groups is 2. The molecule has 2 aliphatic carbocycles. The molecule has 1 saturated heterocycles. The lowest BCUT2D eigenvalue weighted by atomic mass is 9.51. The van der Waals surface area contributed by atoms with E-state index in [1.54, 1.807) is 6.92 Å². The fraction of sp³-hybridized carbons (Fsp3) is 0.692. The number of esters is 1. The van der Waals surface area contributed by atoms with Crippen molar-refractivity contribution in [3.05, 3.63) is 35.3 Å². The van der Waals surface area contributed by atoms with E-state index >= 15 is 0 Å². The number of furan rings is 1. The molecule has 13 nitrogen and oxygen atoms in total. The summed E-state index contributed by atoms with van der Waals surface area (Å²) in [5.41, 5.74) is -3.04. The molecule has 0 amide bonds. The second kappa shape index (κ2) is 11.3. The van der Waals surface area contributed by atoms with Gasteiger partial charge in [-0.1, -0.05) is 6.92 Å². The number of methoxy groups -OCH3 is 1. The van der Waals surface area contributed by atoms with Gasteiger partial charge in [-0.3, -0.25) is 0 Å². The van der Waals surface area contributed by atoms with Gasteiger partial charge in [0.25, 0.3) is 0 Å². The minimum absolute atomic E-state index is 0.204. The molecule has 10 atom stereocenters. The van der Waals surface area contributed by atoms with Gasteiger partial charge in [0.15, 0.2) is 11.9 Å². The summed E-state index contributed by atoms with van der Waals surface area (Å²) in [4.78, 5) is 25.6. The second-order valence-corrected chi connectivity index (χ2v) is 10.8. The van der Waals surface area contributed by atoms with Crippen molar-refractivity contribution < 1.29 is 64.0 Å². The minimum Gasteiger partial charge on any atom is -0.479 e. The van der Waals surface area contributed by atoms with E-state index in [-0.39, 0.29) is 18.4 Å². The Morgan fingerprint density at radius 3 is 2.51 bits per heavy atom. The summed E-state index contributed by atoms with van der Waals surface area (Å²) in [5.74, 6) is -3.03. The zero-order valence-electron chi connectivity index (χ0n) is 21.7. The molecule has 13 heteroatoms. The molecule has 0 spiro atoms. The van der Waals surface area contributed by atoms with E-state index < -0.39 is 84.8 Å². The molecule has 7 N–H and O–H groups in total. The Hall–Kier alpha value is -2.36.